The Morgan fingerprint density at radius 2 is 0.667 bits per heavy atom. The Morgan fingerprint density at radius 1 is 0.377 bits per heavy atom. The third kappa shape index (κ3) is 9.06. The minimum atomic E-state index is -4.79. The van der Waals surface area contributed by atoms with Gasteiger partial charge < -0.3 is 28.1 Å². The van der Waals surface area contributed by atoms with Crippen molar-refractivity contribution in [1.29, 1.82) is 0 Å². The molecular weight excluding hydrogens is 907 g/mol. The minimum Gasteiger partial charge on any atom is -0.497 e. The average Bonchev–Trinajstić information content (AvgIpc) is 3.29. The third-order valence-electron chi connectivity index (χ3n) is 13.4. The van der Waals surface area contributed by atoms with Crippen molar-refractivity contribution < 1.29 is 47.3 Å². The molecule has 0 saturated carbocycles. The van der Waals surface area contributed by atoms with Crippen LogP contribution in [0, 0.1) is 83.1 Å². The lowest BCUT2D eigenvalue weighted by Crippen LogP contribution is -2.25. The molecule has 0 N–H and O–H groups in total. The number of carbonyl (C=O) groups is 4. The van der Waals surface area contributed by atoms with Crippen LogP contribution in [0.3, 0.4) is 0 Å². The molecule has 0 bridgehead atoms. The summed E-state index contributed by atoms with van der Waals surface area (Å²) in [5.74, 6) is 0.781. The van der Waals surface area contributed by atoms with Crippen LogP contribution >= 0.6 is 14.3 Å². The van der Waals surface area contributed by atoms with Crippen LogP contribution in [0.2, 0.25) is 0 Å². The molecular formula is C57H62O10P2. The highest BCUT2D eigenvalue weighted by Gasteiger charge is 2.49. The first-order valence-corrected chi connectivity index (χ1v) is 26.0. The molecule has 6 aromatic rings. The lowest BCUT2D eigenvalue weighted by Gasteiger charge is -2.26. The van der Waals surface area contributed by atoms with Crippen LogP contribution in [0.25, 0.3) is 0 Å². The van der Waals surface area contributed by atoms with E-state index in [9.17, 15) is 0 Å². The highest BCUT2D eigenvalue weighted by molar-refractivity contribution is 8.01. The molecule has 6 rings (SSSR count). The Balaban J connectivity index is 1.59. The summed E-state index contributed by atoms with van der Waals surface area (Å²) >= 11 is 0. The summed E-state index contributed by atoms with van der Waals surface area (Å²) in [6, 6.07) is 20.2. The fourth-order valence-corrected chi connectivity index (χ4v) is 15.7. The Morgan fingerprint density at radius 3 is 0.957 bits per heavy atom. The van der Waals surface area contributed by atoms with Gasteiger partial charge in [-0.25, -0.2) is 0 Å². The molecule has 0 aliphatic carbocycles. The van der Waals surface area contributed by atoms with Crippen LogP contribution < -0.4 is 29.6 Å². The van der Waals surface area contributed by atoms with E-state index >= 15 is 28.3 Å². The van der Waals surface area contributed by atoms with E-state index in [4.69, 9.17) is 18.9 Å². The second kappa shape index (κ2) is 19.9. The number of hydrogen-bond acceptors (Lipinski definition) is 10. The molecule has 0 heterocycles. The van der Waals surface area contributed by atoms with E-state index in [-0.39, 0.29) is 62.3 Å². The molecule has 0 aromatic heterocycles. The molecule has 0 radical (unpaired) electrons. The van der Waals surface area contributed by atoms with Crippen molar-refractivity contribution in [3.8, 4) is 23.0 Å². The van der Waals surface area contributed by atoms with Gasteiger partial charge in [0.15, 0.2) is 0 Å². The SMILES string of the molecule is COc1ccc(OC)c(P(=O)(C(=O)c2c(C)cc(C)cc2C)C(=O)c2c(C)cc(C)c(Cc3c(C)cc(C)c(C(=O)P(=O)(C(=O)c4c(C)cc(C)cc4C)c4cc(OC)ccc4OC)c3C)c2C)c1. The minimum absolute atomic E-state index is 0.0734. The van der Waals surface area contributed by atoms with Crippen molar-refractivity contribution in [3.63, 3.8) is 0 Å². The van der Waals surface area contributed by atoms with Crippen molar-refractivity contribution in [2.75, 3.05) is 28.4 Å². The van der Waals surface area contributed by atoms with E-state index in [2.05, 4.69) is 0 Å². The van der Waals surface area contributed by atoms with E-state index in [1.165, 1.54) is 52.7 Å². The van der Waals surface area contributed by atoms with Gasteiger partial charge in [0.2, 0.25) is 22.1 Å². The quantitative estimate of drug-likeness (QED) is 0.0861. The summed E-state index contributed by atoms with van der Waals surface area (Å²) < 4.78 is 54.8. The van der Waals surface area contributed by atoms with E-state index in [1.807, 2.05) is 64.1 Å². The number of ether oxygens (including phenoxy) is 4. The number of hydrogen-bond donors (Lipinski definition) is 0. The fourth-order valence-electron chi connectivity index (χ4n) is 10.2. The Hall–Kier alpha value is -6.34. The van der Waals surface area contributed by atoms with E-state index in [0.29, 0.717) is 55.6 Å². The molecule has 10 nitrogen and oxygen atoms in total. The molecule has 2 atom stereocenters. The van der Waals surface area contributed by atoms with E-state index in [1.54, 1.807) is 67.5 Å². The largest absolute Gasteiger partial charge is 0.497 e. The maximum Gasteiger partial charge on any atom is 0.252 e. The first-order valence-electron chi connectivity index (χ1n) is 22.6. The molecule has 6 aromatic carbocycles. The van der Waals surface area contributed by atoms with Crippen molar-refractivity contribution in [1.82, 2.24) is 0 Å². The molecule has 0 aliphatic rings. The molecule has 12 heteroatoms. The molecule has 360 valence electrons. The predicted molar refractivity (Wildman–Crippen MR) is 276 cm³/mol. The van der Waals surface area contributed by atoms with Crippen molar-refractivity contribution in [2.24, 2.45) is 0 Å². The molecule has 0 aliphatic heterocycles. The third-order valence-corrected chi connectivity index (χ3v) is 18.7. The van der Waals surface area contributed by atoms with Crippen molar-refractivity contribution >= 4 is 47.0 Å². The maximum atomic E-state index is 16.1. The monoisotopic (exact) mass is 968 g/mol. The van der Waals surface area contributed by atoms with Crippen LogP contribution in [-0.2, 0) is 15.6 Å². The summed E-state index contributed by atoms with van der Waals surface area (Å²) in [5, 5.41) is -0.147. The van der Waals surface area contributed by atoms with Gasteiger partial charge in [-0.2, -0.15) is 0 Å². The number of methoxy groups -OCH3 is 4. The van der Waals surface area contributed by atoms with Gasteiger partial charge in [0.25, 0.3) is 14.3 Å². The second-order valence-electron chi connectivity index (χ2n) is 18.2. The van der Waals surface area contributed by atoms with Crippen LogP contribution in [0.15, 0.2) is 72.8 Å². The zero-order chi connectivity index (χ0) is 51.2. The van der Waals surface area contributed by atoms with Gasteiger partial charge in [0.05, 0.1) is 39.0 Å². The normalized spacial score (nSPS) is 13.0. The predicted octanol–water partition coefficient (Wildman–Crippen LogP) is 12.4. The molecule has 0 fully saturated rings. The standard InChI is InChI=1S/C57H62O10P2/c1-30-21-34(5)50(35(6)22-30)54(58)68(62,48-27-42(64-13)17-19-46(48)66-15)56(60)52-38(9)25-32(3)44(40(52)11)29-45-33(4)26-39(10)53(41(45)12)57(61)69(63,49-28-43(65-14)18-20-47(49)67-16)55(59)51-36(7)23-31(2)24-37(51)8/h17-28H,29H2,1-16H3. The molecule has 2 unspecified atom stereocenters. The molecule has 69 heavy (non-hydrogen) atoms. The van der Waals surface area contributed by atoms with Gasteiger partial charge in [-0.1, -0.05) is 47.5 Å². The summed E-state index contributed by atoms with van der Waals surface area (Å²) in [5.41, 5.74) is 6.56. The summed E-state index contributed by atoms with van der Waals surface area (Å²) in [6.45, 7) is 21.8. The number of rotatable bonds is 16. The first-order chi connectivity index (χ1) is 32.4. The highest BCUT2D eigenvalue weighted by Crippen LogP contribution is 2.57. The topological polar surface area (TPSA) is 139 Å². The molecule has 0 spiro atoms. The highest BCUT2D eigenvalue weighted by atomic mass is 31.2. The van der Waals surface area contributed by atoms with Gasteiger partial charge in [-0.15, -0.1) is 0 Å². The zero-order valence-corrected chi connectivity index (χ0v) is 44.4. The zero-order valence-electron chi connectivity index (χ0n) is 42.6. The number of carbonyl (C=O) groups excluding carboxylic acids is 4. The van der Waals surface area contributed by atoms with Crippen LogP contribution in [0.1, 0.15) is 119 Å². The maximum absolute atomic E-state index is 16.1. The second-order valence-corrected chi connectivity index (χ2v) is 23.2. The Labute approximate surface area is 406 Å². The summed E-state index contributed by atoms with van der Waals surface area (Å²) in [6.07, 6.45) is 0.185. The smallest absolute Gasteiger partial charge is 0.252 e. The lowest BCUT2D eigenvalue weighted by atomic mass is 9.85. The van der Waals surface area contributed by atoms with E-state index in [0.717, 1.165) is 22.3 Å². The average molecular weight is 969 g/mol. The molecule has 0 amide bonds. The van der Waals surface area contributed by atoms with E-state index < -0.39 is 36.4 Å². The number of aryl methyl sites for hydroxylation is 10. The summed E-state index contributed by atoms with van der Waals surface area (Å²) in [7, 11) is -3.91. The first kappa shape index (κ1) is 52.0. The van der Waals surface area contributed by atoms with Crippen LogP contribution in [-0.4, -0.2) is 50.5 Å². The number of benzene rings is 6. The summed E-state index contributed by atoms with van der Waals surface area (Å²) in [4.78, 5) is 61.5. The van der Waals surface area contributed by atoms with Crippen LogP contribution in [0.4, 0.5) is 0 Å². The van der Waals surface area contributed by atoms with Crippen molar-refractivity contribution in [3.05, 3.63) is 173 Å². The van der Waals surface area contributed by atoms with Crippen molar-refractivity contribution in [2.45, 2.75) is 89.5 Å². The fraction of sp³-hybridized carbons (Fsp3) is 0.298. The Kier molecular flexibility index (Phi) is 15.0. The van der Waals surface area contributed by atoms with Gasteiger partial charge >= 0.3 is 0 Å². The van der Waals surface area contributed by atoms with Gasteiger partial charge in [-0.05, 0) is 193 Å². The van der Waals surface area contributed by atoms with Crippen LogP contribution in [0.5, 0.6) is 23.0 Å². The Bertz CT molecular complexity index is 2990. The van der Waals surface area contributed by atoms with Gasteiger partial charge in [-0.3, -0.25) is 19.2 Å². The lowest BCUT2D eigenvalue weighted by molar-refractivity contribution is 0.102. The van der Waals surface area contributed by atoms with Gasteiger partial charge in [0.1, 0.15) is 23.0 Å². The molecule has 0 saturated heterocycles. The van der Waals surface area contributed by atoms with Gasteiger partial charge in [0, 0.05) is 22.3 Å².